The number of aliphatic hydroxyl groups is 1. The molecule has 0 aromatic carbocycles. The first-order chi connectivity index (χ1) is 8.52. The number of β-amino-alcohol motifs (C(OH)–C–C–N with tert-alkyl or cyclic N) is 1. The average molecular weight is 249 g/mol. The van der Waals surface area contributed by atoms with Crippen LogP contribution in [0.4, 0.5) is 0 Å². The van der Waals surface area contributed by atoms with Crippen LogP contribution in [0.3, 0.4) is 0 Å². The summed E-state index contributed by atoms with van der Waals surface area (Å²) in [6.45, 7) is 5.32. The molecule has 1 heterocycles. The second kappa shape index (κ2) is 3.73. The van der Waals surface area contributed by atoms with Gasteiger partial charge in [-0.15, -0.1) is 0 Å². The van der Waals surface area contributed by atoms with Crippen molar-refractivity contribution in [1.29, 1.82) is 0 Å². The van der Waals surface area contributed by atoms with Crippen LogP contribution in [0.25, 0.3) is 0 Å². The van der Waals surface area contributed by atoms with Crippen LogP contribution in [0.2, 0.25) is 0 Å². The van der Waals surface area contributed by atoms with Gasteiger partial charge in [0, 0.05) is 19.6 Å². The van der Waals surface area contributed by atoms with Crippen molar-refractivity contribution in [2.75, 3.05) is 19.6 Å². The van der Waals surface area contributed by atoms with Crippen LogP contribution in [0.15, 0.2) is 0 Å². The van der Waals surface area contributed by atoms with Crippen molar-refractivity contribution < 1.29 is 5.11 Å². The highest BCUT2D eigenvalue weighted by Gasteiger charge is 2.51. The van der Waals surface area contributed by atoms with E-state index in [1.165, 1.54) is 45.1 Å². The molecular weight excluding hydrogens is 222 g/mol. The Bertz CT molecular complexity index is 314. The first kappa shape index (κ1) is 11.7. The zero-order chi connectivity index (χ0) is 12.4. The van der Waals surface area contributed by atoms with Gasteiger partial charge in [-0.05, 0) is 75.0 Å². The smallest absolute Gasteiger partial charge is 0.0758 e. The van der Waals surface area contributed by atoms with Crippen LogP contribution in [0.5, 0.6) is 0 Å². The lowest BCUT2D eigenvalue weighted by Gasteiger charge is -2.57. The summed E-state index contributed by atoms with van der Waals surface area (Å²) in [5, 5.41) is 10.1. The van der Waals surface area contributed by atoms with E-state index in [9.17, 15) is 5.11 Å². The Morgan fingerprint density at radius 2 is 1.61 bits per heavy atom. The Balaban J connectivity index is 1.48. The molecule has 5 fully saturated rings. The Morgan fingerprint density at radius 1 is 1.06 bits per heavy atom. The monoisotopic (exact) mass is 249 g/mol. The van der Waals surface area contributed by atoms with Gasteiger partial charge in [0.25, 0.3) is 0 Å². The maximum Gasteiger partial charge on any atom is 0.0758 e. The van der Waals surface area contributed by atoms with E-state index in [0.717, 1.165) is 37.3 Å². The molecule has 2 heteroatoms. The summed E-state index contributed by atoms with van der Waals surface area (Å²) in [5.41, 5.74) is 0.234. The van der Waals surface area contributed by atoms with Gasteiger partial charge in [0.05, 0.1) is 5.60 Å². The molecule has 0 amide bonds. The first-order valence-electron chi connectivity index (χ1n) is 7.97. The quantitative estimate of drug-likeness (QED) is 0.813. The van der Waals surface area contributed by atoms with E-state index in [2.05, 4.69) is 4.90 Å². The van der Waals surface area contributed by atoms with E-state index in [0.29, 0.717) is 5.41 Å². The summed E-state index contributed by atoms with van der Waals surface area (Å²) in [4.78, 5) is 2.56. The molecule has 1 saturated heterocycles. The zero-order valence-electron chi connectivity index (χ0n) is 11.7. The van der Waals surface area contributed by atoms with Crippen molar-refractivity contribution in [3.05, 3.63) is 0 Å². The van der Waals surface area contributed by atoms with Crippen molar-refractivity contribution in [2.45, 2.75) is 57.5 Å². The minimum Gasteiger partial charge on any atom is -0.389 e. The molecule has 1 N–H and O–H groups in total. The Morgan fingerprint density at radius 3 is 2.06 bits per heavy atom. The molecule has 0 spiro atoms. The maximum absolute atomic E-state index is 10.1. The molecule has 4 bridgehead atoms. The predicted octanol–water partition coefficient (Wildman–Crippen LogP) is 2.66. The Hall–Kier alpha value is -0.0800. The summed E-state index contributed by atoms with van der Waals surface area (Å²) < 4.78 is 0. The summed E-state index contributed by atoms with van der Waals surface area (Å²) >= 11 is 0. The molecule has 4 aliphatic carbocycles. The van der Waals surface area contributed by atoms with Gasteiger partial charge in [0.2, 0.25) is 0 Å². The van der Waals surface area contributed by atoms with E-state index < -0.39 is 5.60 Å². The normalized spacial score (nSPS) is 55.3. The average Bonchev–Trinajstić information content (AvgIpc) is 2.54. The molecule has 5 rings (SSSR count). The molecule has 18 heavy (non-hydrogen) atoms. The second-order valence-electron chi connectivity index (χ2n) is 8.38. The van der Waals surface area contributed by atoms with Crippen molar-refractivity contribution in [2.24, 2.45) is 23.2 Å². The van der Waals surface area contributed by atoms with E-state index in [1.54, 1.807) is 0 Å². The number of hydrogen-bond donors (Lipinski definition) is 1. The molecule has 1 unspecified atom stereocenters. The van der Waals surface area contributed by atoms with Gasteiger partial charge in [-0.1, -0.05) is 0 Å². The minimum absolute atomic E-state index is 0.414. The van der Waals surface area contributed by atoms with Gasteiger partial charge in [-0.25, -0.2) is 0 Å². The van der Waals surface area contributed by atoms with Crippen molar-refractivity contribution >= 4 is 0 Å². The lowest BCUT2D eigenvalue weighted by Crippen LogP contribution is -2.51. The molecule has 0 aromatic rings. The summed E-state index contributed by atoms with van der Waals surface area (Å²) in [6.07, 6.45) is 10.1. The molecule has 0 aromatic heterocycles. The van der Waals surface area contributed by atoms with Crippen LogP contribution < -0.4 is 0 Å². The van der Waals surface area contributed by atoms with E-state index in [1.807, 2.05) is 6.92 Å². The number of rotatable bonds is 2. The van der Waals surface area contributed by atoms with Crippen LogP contribution in [-0.2, 0) is 0 Å². The summed E-state index contributed by atoms with van der Waals surface area (Å²) in [7, 11) is 0. The van der Waals surface area contributed by atoms with E-state index in [-0.39, 0.29) is 0 Å². The van der Waals surface area contributed by atoms with Crippen LogP contribution >= 0.6 is 0 Å². The van der Waals surface area contributed by atoms with E-state index >= 15 is 0 Å². The fraction of sp³-hybridized carbons (Fsp3) is 1.00. The van der Waals surface area contributed by atoms with Crippen LogP contribution in [0, 0.1) is 23.2 Å². The molecule has 1 atom stereocenters. The Labute approximate surface area is 111 Å². The van der Waals surface area contributed by atoms with Crippen LogP contribution in [0.1, 0.15) is 51.9 Å². The fourth-order valence-electron chi connectivity index (χ4n) is 6.13. The second-order valence-corrected chi connectivity index (χ2v) is 8.38. The van der Waals surface area contributed by atoms with Gasteiger partial charge in [-0.2, -0.15) is 0 Å². The van der Waals surface area contributed by atoms with Crippen molar-refractivity contribution in [3.8, 4) is 0 Å². The molecule has 102 valence electrons. The van der Waals surface area contributed by atoms with Crippen LogP contribution in [-0.4, -0.2) is 35.2 Å². The number of hydrogen-bond acceptors (Lipinski definition) is 2. The molecular formula is C16H27NO. The standard InChI is InChI=1S/C16H27NO/c1-15(18)2-3-17(10-15)11-16-7-12-4-13(8-16)6-14(5-12)9-16/h12-14,18H,2-11H2,1H3. The number of likely N-dealkylation sites (tertiary alicyclic amines) is 1. The fourth-order valence-corrected chi connectivity index (χ4v) is 6.13. The lowest BCUT2D eigenvalue weighted by molar-refractivity contribution is -0.0688. The Kier molecular flexibility index (Phi) is 2.43. The third-order valence-electron chi connectivity index (χ3n) is 6.25. The highest BCUT2D eigenvalue weighted by molar-refractivity contribution is 5.03. The third-order valence-corrected chi connectivity index (χ3v) is 6.25. The van der Waals surface area contributed by atoms with Gasteiger partial charge < -0.3 is 5.11 Å². The molecule has 0 radical (unpaired) electrons. The first-order valence-corrected chi connectivity index (χ1v) is 7.97. The molecule has 5 aliphatic rings. The maximum atomic E-state index is 10.1. The van der Waals surface area contributed by atoms with E-state index in [4.69, 9.17) is 0 Å². The predicted molar refractivity (Wildman–Crippen MR) is 72.3 cm³/mol. The van der Waals surface area contributed by atoms with Crippen molar-refractivity contribution in [1.82, 2.24) is 4.90 Å². The highest BCUT2D eigenvalue weighted by Crippen LogP contribution is 2.60. The third kappa shape index (κ3) is 1.92. The topological polar surface area (TPSA) is 23.5 Å². The highest BCUT2D eigenvalue weighted by atomic mass is 16.3. The van der Waals surface area contributed by atoms with Gasteiger partial charge in [0.15, 0.2) is 0 Å². The summed E-state index contributed by atoms with van der Waals surface area (Å²) in [5.74, 6) is 3.16. The zero-order valence-corrected chi connectivity index (χ0v) is 11.7. The van der Waals surface area contributed by atoms with Gasteiger partial charge in [-0.3, -0.25) is 4.90 Å². The molecule has 2 nitrogen and oxygen atoms in total. The lowest BCUT2D eigenvalue weighted by atomic mass is 9.49. The largest absolute Gasteiger partial charge is 0.389 e. The summed E-state index contributed by atoms with van der Waals surface area (Å²) in [6, 6.07) is 0. The number of nitrogens with zero attached hydrogens (tertiary/aromatic N) is 1. The van der Waals surface area contributed by atoms with Gasteiger partial charge >= 0.3 is 0 Å². The van der Waals surface area contributed by atoms with Gasteiger partial charge in [0.1, 0.15) is 0 Å². The minimum atomic E-state index is -0.414. The molecule has 4 saturated carbocycles. The van der Waals surface area contributed by atoms with Crippen molar-refractivity contribution in [3.63, 3.8) is 0 Å². The SMILES string of the molecule is CC1(O)CCN(CC23CC4CC(CC(C4)C2)C3)C1. The molecule has 1 aliphatic heterocycles.